The highest BCUT2D eigenvalue weighted by Gasteiger charge is 2.40. The summed E-state index contributed by atoms with van der Waals surface area (Å²) in [6.07, 6.45) is 5.64. The Morgan fingerprint density at radius 3 is 2.69 bits per heavy atom. The van der Waals surface area contributed by atoms with Crippen molar-refractivity contribution in [1.29, 1.82) is 0 Å². The van der Waals surface area contributed by atoms with Crippen LogP contribution in [0.5, 0.6) is 0 Å². The van der Waals surface area contributed by atoms with Crippen molar-refractivity contribution in [1.82, 2.24) is 10.2 Å². The second kappa shape index (κ2) is 8.38. The molecule has 1 saturated heterocycles. The zero-order valence-electron chi connectivity index (χ0n) is 15.4. The molecule has 2 aliphatic carbocycles. The molecule has 4 rings (SSSR count). The van der Waals surface area contributed by atoms with Gasteiger partial charge in [0.15, 0.2) is 0 Å². The van der Waals surface area contributed by atoms with E-state index >= 15 is 0 Å². The van der Waals surface area contributed by atoms with Gasteiger partial charge in [-0.15, -0.1) is 11.3 Å². The van der Waals surface area contributed by atoms with Crippen LogP contribution in [0.1, 0.15) is 43.0 Å². The summed E-state index contributed by atoms with van der Waals surface area (Å²) in [5.74, 6) is 1.48. The van der Waals surface area contributed by atoms with Crippen molar-refractivity contribution in [3.8, 4) is 0 Å². The number of thiophene rings is 1. The third kappa shape index (κ3) is 3.98. The fourth-order valence-electron chi connectivity index (χ4n) is 5.12. The Morgan fingerprint density at radius 2 is 2.04 bits per heavy atom. The first-order valence-corrected chi connectivity index (χ1v) is 11.0. The highest BCUT2D eigenvalue weighted by molar-refractivity contribution is 7.10. The number of fused-ring (bicyclic) bond motifs is 2. The molecule has 5 nitrogen and oxygen atoms in total. The number of nitrogens with zero attached hydrogens (tertiary/aromatic N) is 1. The van der Waals surface area contributed by atoms with E-state index in [9.17, 15) is 4.79 Å². The maximum absolute atomic E-state index is 12.9. The number of hydrogen-bond acceptors (Lipinski definition) is 5. The van der Waals surface area contributed by atoms with Crippen LogP contribution in [0.25, 0.3) is 0 Å². The molecule has 2 saturated carbocycles. The van der Waals surface area contributed by atoms with Gasteiger partial charge in [0.2, 0.25) is 5.91 Å². The Morgan fingerprint density at radius 1 is 1.31 bits per heavy atom. The van der Waals surface area contributed by atoms with Crippen molar-refractivity contribution >= 4 is 17.2 Å². The highest BCUT2D eigenvalue weighted by Crippen LogP contribution is 2.42. The molecular formula is C20H31N3O2S. The number of carbonyl (C=O) groups excluding carboxylic acids is 1. The van der Waals surface area contributed by atoms with E-state index in [2.05, 4.69) is 27.7 Å². The van der Waals surface area contributed by atoms with Crippen LogP contribution < -0.4 is 11.1 Å². The molecule has 3 atom stereocenters. The lowest BCUT2D eigenvalue weighted by molar-refractivity contribution is -0.128. The summed E-state index contributed by atoms with van der Waals surface area (Å²) in [4.78, 5) is 16.7. The Kier molecular flexibility index (Phi) is 5.93. The molecule has 3 unspecified atom stereocenters. The lowest BCUT2D eigenvalue weighted by Gasteiger charge is -2.43. The summed E-state index contributed by atoms with van der Waals surface area (Å²) in [6.45, 7) is 4.11. The molecule has 0 spiro atoms. The van der Waals surface area contributed by atoms with E-state index in [0.29, 0.717) is 24.4 Å². The summed E-state index contributed by atoms with van der Waals surface area (Å²) in [6, 6.07) is 4.85. The Balaban J connectivity index is 1.37. The van der Waals surface area contributed by atoms with Crippen molar-refractivity contribution in [3.05, 3.63) is 22.4 Å². The maximum Gasteiger partial charge on any atom is 0.223 e. The number of morpholine rings is 1. The van der Waals surface area contributed by atoms with Crippen molar-refractivity contribution < 1.29 is 9.53 Å². The van der Waals surface area contributed by atoms with Gasteiger partial charge in [-0.05, 0) is 49.0 Å². The van der Waals surface area contributed by atoms with Crippen LogP contribution in [-0.4, -0.2) is 49.7 Å². The minimum absolute atomic E-state index is 0.152. The fraction of sp³-hybridized carbons (Fsp3) is 0.750. The predicted molar refractivity (Wildman–Crippen MR) is 104 cm³/mol. The smallest absolute Gasteiger partial charge is 0.223 e. The number of amides is 1. The zero-order valence-corrected chi connectivity index (χ0v) is 16.3. The van der Waals surface area contributed by atoms with E-state index in [-0.39, 0.29) is 17.9 Å². The molecule has 1 aromatic rings. The van der Waals surface area contributed by atoms with E-state index < -0.39 is 0 Å². The van der Waals surface area contributed by atoms with Crippen LogP contribution in [0.15, 0.2) is 17.5 Å². The van der Waals surface area contributed by atoms with E-state index in [4.69, 9.17) is 10.5 Å². The predicted octanol–water partition coefficient (Wildman–Crippen LogP) is 2.39. The first-order valence-electron chi connectivity index (χ1n) is 10.1. The van der Waals surface area contributed by atoms with Crippen LogP contribution in [0.4, 0.5) is 0 Å². The number of hydrogen-bond donors (Lipinski definition) is 2. The summed E-state index contributed by atoms with van der Waals surface area (Å²) < 4.78 is 5.50. The lowest BCUT2D eigenvalue weighted by Crippen LogP contribution is -2.50. The van der Waals surface area contributed by atoms with Gasteiger partial charge in [-0.25, -0.2) is 0 Å². The van der Waals surface area contributed by atoms with Gasteiger partial charge in [-0.2, -0.15) is 0 Å². The molecule has 0 radical (unpaired) electrons. The van der Waals surface area contributed by atoms with Crippen molar-refractivity contribution in [3.63, 3.8) is 0 Å². The van der Waals surface area contributed by atoms with Gasteiger partial charge < -0.3 is 15.8 Å². The highest BCUT2D eigenvalue weighted by atomic mass is 32.1. The Hall–Kier alpha value is -0.950. The first-order chi connectivity index (χ1) is 12.7. The number of carbonyl (C=O) groups is 1. The first kappa shape index (κ1) is 18.4. The molecule has 144 valence electrons. The maximum atomic E-state index is 12.9. The molecule has 3 aliphatic rings. The van der Waals surface area contributed by atoms with Crippen LogP contribution in [0.3, 0.4) is 0 Å². The molecule has 1 amide bonds. The van der Waals surface area contributed by atoms with E-state index in [0.717, 1.165) is 39.1 Å². The summed E-state index contributed by atoms with van der Waals surface area (Å²) in [5, 5.41) is 5.41. The van der Waals surface area contributed by atoms with Crippen LogP contribution >= 0.6 is 11.3 Å². The molecule has 6 heteroatoms. The monoisotopic (exact) mass is 377 g/mol. The Bertz CT molecular complexity index is 574. The fourth-order valence-corrected chi connectivity index (χ4v) is 5.99. The quantitative estimate of drug-likeness (QED) is 0.827. The number of ether oxygens (including phenoxy) is 1. The molecule has 0 aromatic carbocycles. The van der Waals surface area contributed by atoms with Gasteiger partial charge in [0, 0.05) is 36.5 Å². The lowest BCUT2D eigenvalue weighted by atomic mass is 9.65. The van der Waals surface area contributed by atoms with Gasteiger partial charge >= 0.3 is 0 Å². The van der Waals surface area contributed by atoms with Crippen molar-refractivity contribution in [2.45, 2.75) is 44.2 Å². The third-order valence-electron chi connectivity index (χ3n) is 6.61. The van der Waals surface area contributed by atoms with E-state index in [1.54, 1.807) is 11.3 Å². The zero-order chi connectivity index (χ0) is 17.9. The van der Waals surface area contributed by atoms with Gasteiger partial charge in [0.1, 0.15) is 0 Å². The van der Waals surface area contributed by atoms with E-state index in [1.807, 2.05) is 0 Å². The van der Waals surface area contributed by atoms with Crippen molar-refractivity contribution in [2.75, 3.05) is 32.8 Å². The molecule has 3 fully saturated rings. The van der Waals surface area contributed by atoms with E-state index in [1.165, 1.54) is 24.1 Å². The summed E-state index contributed by atoms with van der Waals surface area (Å²) >= 11 is 1.78. The molecule has 2 bridgehead atoms. The average molecular weight is 378 g/mol. The molecule has 1 aromatic heterocycles. The van der Waals surface area contributed by atoms with Crippen LogP contribution in [0, 0.1) is 17.8 Å². The second-order valence-electron chi connectivity index (χ2n) is 8.12. The second-order valence-corrected chi connectivity index (χ2v) is 9.10. The average Bonchev–Trinajstić information content (AvgIpc) is 3.17. The third-order valence-corrected chi connectivity index (χ3v) is 7.59. The topological polar surface area (TPSA) is 67.6 Å². The number of rotatable bonds is 5. The standard InChI is InChI=1S/C20H31N3O2S/c21-19-14-3-1-4-15(19)12-16(11-14)20(24)22-13-17(18-5-2-10-26-18)23-6-8-25-9-7-23/h2,5,10,14-17,19H,1,3-4,6-9,11-13,21H2,(H,22,24). The van der Waals surface area contributed by atoms with Crippen LogP contribution in [0.2, 0.25) is 0 Å². The summed E-state index contributed by atoms with van der Waals surface area (Å²) in [5.41, 5.74) is 6.38. The molecule has 2 heterocycles. The Labute approximate surface area is 160 Å². The normalized spacial score (nSPS) is 33.6. The number of nitrogens with two attached hydrogens (primary N) is 1. The minimum atomic E-state index is 0.152. The molecule has 26 heavy (non-hydrogen) atoms. The van der Waals surface area contributed by atoms with Gasteiger partial charge in [0.05, 0.1) is 19.3 Å². The minimum Gasteiger partial charge on any atom is -0.379 e. The molecular weight excluding hydrogens is 346 g/mol. The molecule has 3 N–H and O–H groups in total. The van der Waals surface area contributed by atoms with Crippen LogP contribution in [-0.2, 0) is 9.53 Å². The largest absolute Gasteiger partial charge is 0.379 e. The van der Waals surface area contributed by atoms with Crippen molar-refractivity contribution in [2.24, 2.45) is 23.5 Å². The van der Waals surface area contributed by atoms with Gasteiger partial charge in [0.25, 0.3) is 0 Å². The summed E-state index contributed by atoms with van der Waals surface area (Å²) in [7, 11) is 0. The SMILES string of the molecule is NC1C2CCCC1CC(C(=O)NCC(c1cccs1)N1CCOCC1)C2. The van der Waals surface area contributed by atoms with Gasteiger partial charge in [-0.1, -0.05) is 12.5 Å². The van der Waals surface area contributed by atoms with Gasteiger partial charge in [-0.3, -0.25) is 9.69 Å². The molecule has 1 aliphatic heterocycles. The number of nitrogens with one attached hydrogen (secondary N) is 1.